The lowest BCUT2D eigenvalue weighted by Crippen LogP contribution is -2.63. The lowest BCUT2D eigenvalue weighted by molar-refractivity contribution is -0.137. The summed E-state index contributed by atoms with van der Waals surface area (Å²) in [7, 11) is 0. The molecule has 0 aliphatic carbocycles. The highest BCUT2D eigenvalue weighted by Gasteiger charge is 2.50. The zero-order chi connectivity index (χ0) is 32.8. The molecule has 0 radical (unpaired) electrons. The summed E-state index contributed by atoms with van der Waals surface area (Å²) in [6.45, 7) is 2.73. The van der Waals surface area contributed by atoms with Crippen LogP contribution in [0, 0.1) is 11.6 Å². The first-order valence-electron chi connectivity index (χ1n) is 15.6. The summed E-state index contributed by atoms with van der Waals surface area (Å²) in [4.78, 5) is 31.3. The van der Waals surface area contributed by atoms with Crippen LogP contribution in [0.4, 0.5) is 32.9 Å². The molecule has 2 aromatic carbocycles. The van der Waals surface area contributed by atoms with Gasteiger partial charge < -0.3 is 26.0 Å². The zero-order valence-corrected chi connectivity index (χ0v) is 25.9. The van der Waals surface area contributed by atoms with Gasteiger partial charge in [0.15, 0.2) is 10.9 Å². The van der Waals surface area contributed by atoms with Gasteiger partial charge in [-0.15, -0.1) is 0 Å². The van der Waals surface area contributed by atoms with Crippen molar-refractivity contribution in [3.05, 3.63) is 35.4 Å². The molecule has 10 nitrogen and oxygen atoms in total. The molecule has 16 heteroatoms. The molecule has 47 heavy (non-hydrogen) atoms. The fourth-order valence-electron chi connectivity index (χ4n) is 8.11. The number of likely N-dealkylation sites (tertiary alicyclic amines) is 1. The number of halogens is 5. The van der Waals surface area contributed by atoms with Gasteiger partial charge >= 0.3 is 12.2 Å². The quantitative estimate of drug-likeness (QED) is 0.284. The predicted molar refractivity (Wildman–Crippen MR) is 166 cm³/mol. The summed E-state index contributed by atoms with van der Waals surface area (Å²) in [5, 5.41) is -0.217. The van der Waals surface area contributed by atoms with Gasteiger partial charge in [0.1, 0.15) is 23.8 Å². The standard InChI is InChI=1S/C31H31F5N8O2S/c32-18-4-3-15(25-26(18)47-28(38)39-25)22-17(31(34,35)36)11-16-24(23(22)33)40-29(46-14-30-6-1-8-42(30)9-2-7-30)41-27(16)44-13-20-19(44)5-10-43(20)21(45)12-37/h3-4,11,19-20H,1-2,5-10,12-14,37H2,(H2,38,39)/t19?,20-/m1/s1. The number of nitrogens with zero attached hydrogens (tertiary/aromatic N) is 6. The summed E-state index contributed by atoms with van der Waals surface area (Å²) in [6, 6.07) is 2.30. The predicted octanol–water partition coefficient (Wildman–Crippen LogP) is 4.54. The highest BCUT2D eigenvalue weighted by Crippen LogP contribution is 2.48. The topological polar surface area (TPSA) is 127 Å². The van der Waals surface area contributed by atoms with Gasteiger partial charge in [-0.3, -0.25) is 9.69 Å². The van der Waals surface area contributed by atoms with Gasteiger partial charge in [0.2, 0.25) is 5.91 Å². The number of alkyl halides is 3. The maximum atomic E-state index is 16.9. The monoisotopic (exact) mass is 674 g/mol. The van der Waals surface area contributed by atoms with Crippen molar-refractivity contribution in [2.45, 2.75) is 55.9 Å². The van der Waals surface area contributed by atoms with Crippen molar-refractivity contribution in [2.24, 2.45) is 5.73 Å². The van der Waals surface area contributed by atoms with Crippen LogP contribution in [-0.4, -0.2) is 87.6 Å². The van der Waals surface area contributed by atoms with Crippen LogP contribution >= 0.6 is 11.3 Å². The molecule has 4 aliphatic heterocycles. The van der Waals surface area contributed by atoms with E-state index in [1.54, 1.807) is 9.80 Å². The summed E-state index contributed by atoms with van der Waals surface area (Å²) < 4.78 is 82.1. The minimum atomic E-state index is -5.01. The third-order valence-corrected chi connectivity index (χ3v) is 11.2. The van der Waals surface area contributed by atoms with E-state index in [9.17, 15) is 22.4 Å². The third kappa shape index (κ3) is 4.70. The van der Waals surface area contributed by atoms with Gasteiger partial charge in [-0.2, -0.15) is 23.1 Å². The number of benzene rings is 2. The third-order valence-electron chi connectivity index (χ3n) is 10.3. The maximum absolute atomic E-state index is 16.9. The Labute approximate surface area is 269 Å². The lowest BCUT2D eigenvalue weighted by Gasteiger charge is -2.47. The van der Waals surface area contributed by atoms with Crippen LogP contribution in [0.3, 0.4) is 0 Å². The number of rotatable bonds is 6. The van der Waals surface area contributed by atoms with Gasteiger partial charge in [-0.25, -0.2) is 13.8 Å². The Balaban J connectivity index is 1.30. The molecule has 1 amide bonds. The Bertz CT molecular complexity index is 1930. The van der Waals surface area contributed by atoms with E-state index in [1.807, 2.05) is 0 Å². The van der Waals surface area contributed by atoms with E-state index in [-0.39, 0.29) is 86.9 Å². The summed E-state index contributed by atoms with van der Waals surface area (Å²) in [5.41, 5.74) is 8.32. The first-order valence-corrected chi connectivity index (χ1v) is 16.4. The molecule has 0 bridgehead atoms. The molecule has 0 spiro atoms. The average molecular weight is 675 g/mol. The van der Waals surface area contributed by atoms with E-state index >= 15 is 4.39 Å². The molecular weight excluding hydrogens is 643 g/mol. The molecule has 8 rings (SSSR count). The van der Waals surface area contributed by atoms with E-state index in [1.165, 1.54) is 0 Å². The van der Waals surface area contributed by atoms with Crippen molar-refractivity contribution >= 4 is 49.3 Å². The summed E-state index contributed by atoms with van der Waals surface area (Å²) in [6.07, 6.45) is -0.567. The van der Waals surface area contributed by atoms with Crippen molar-refractivity contribution in [1.29, 1.82) is 0 Å². The largest absolute Gasteiger partial charge is 0.461 e. The van der Waals surface area contributed by atoms with Crippen LogP contribution in [0.1, 0.15) is 37.7 Å². The number of ether oxygens (including phenoxy) is 1. The van der Waals surface area contributed by atoms with E-state index in [4.69, 9.17) is 16.2 Å². The summed E-state index contributed by atoms with van der Waals surface area (Å²) in [5.74, 6) is -2.10. The van der Waals surface area contributed by atoms with Gasteiger partial charge in [0.25, 0.3) is 0 Å². The van der Waals surface area contributed by atoms with Gasteiger partial charge in [0.05, 0.1) is 39.9 Å². The molecule has 2 aromatic heterocycles. The Morgan fingerprint density at radius 1 is 1.06 bits per heavy atom. The Kier molecular flexibility index (Phi) is 7.01. The number of amides is 1. The normalized spacial score (nSPS) is 22.3. The number of anilines is 2. The van der Waals surface area contributed by atoms with E-state index in [2.05, 4.69) is 19.9 Å². The second-order valence-corrected chi connectivity index (χ2v) is 13.8. The highest BCUT2D eigenvalue weighted by molar-refractivity contribution is 7.22. The molecule has 4 N–H and O–H groups in total. The minimum Gasteiger partial charge on any atom is -0.461 e. The molecule has 1 unspecified atom stereocenters. The molecule has 0 saturated carbocycles. The molecule has 4 aromatic rings. The zero-order valence-electron chi connectivity index (χ0n) is 25.1. The molecule has 2 atom stereocenters. The number of nitrogens with two attached hydrogens (primary N) is 2. The Morgan fingerprint density at radius 2 is 1.83 bits per heavy atom. The van der Waals surface area contributed by atoms with E-state index in [0.717, 1.165) is 68.3 Å². The first-order chi connectivity index (χ1) is 22.5. The number of aromatic nitrogens is 3. The molecule has 248 valence electrons. The SMILES string of the molecule is NCC(=O)N1CCC2[C@H]1CN2c1nc(OCC23CCCN2CCC3)nc2c(F)c(-c3ccc(F)c4sc(N)nc34)c(C(F)(F)F)cc12. The average Bonchev–Trinajstić information content (AvgIpc) is 3.78. The molecular formula is C31H31F5N8O2S. The molecule has 4 saturated heterocycles. The molecule has 4 aliphatic rings. The van der Waals surface area contributed by atoms with Crippen LogP contribution in [0.2, 0.25) is 0 Å². The van der Waals surface area contributed by atoms with Gasteiger partial charge in [0, 0.05) is 29.6 Å². The lowest BCUT2D eigenvalue weighted by atomic mass is 9.93. The highest BCUT2D eigenvalue weighted by atomic mass is 32.1. The number of hydrogen-bond acceptors (Lipinski definition) is 10. The minimum absolute atomic E-state index is 0.0697. The second kappa shape index (κ2) is 10.8. The van der Waals surface area contributed by atoms with Crippen LogP contribution in [-0.2, 0) is 11.0 Å². The van der Waals surface area contributed by atoms with Crippen LogP contribution < -0.4 is 21.1 Å². The number of carbonyl (C=O) groups excluding carboxylic acids is 1. The number of thiazole rings is 1. The number of hydrogen-bond donors (Lipinski definition) is 2. The molecule has 4 fully saturated rings. The van der Waals surface area contributed by atoms with Gasteiger partial charge in [-0.1, -0.05) is 11.3 Å². The van der Waals surface area contributed by atoms with Crippen molar-refractivity contribution in [1.82, 2.24) is 24.8 Å². The smallest absolute Gasteiger partial charge is 0.417 e. The van der Waals surface area contributed by atoms with Crippen molar-refractivity contribution in [3.8, 4) is 17.1 Å². The molecule has 6 heterocycles. The van der Waals surface area contributed by atoms with E-state index in [0.29, 0.717) is 13.0 Å². The van der Waals surface area contributed by atoms with Crippen molar-refractivity contribution < 1.29 is 31.5 Å². The van der Waals surface area contributed by atoms with Crippen molar-refractivity contribution in [2.75, 3.05) is 50.0 Å². The maximum Gasteiger partial charge on any atom is 0.417 e. The summed E-state index contributed by atoms with van der Waals surface area (Å²) >= 11 is 0.764. The van der Waals surface area contributed by atoms with Crippen LogP contribution in [0.25, 0.3) is 32.2 Å². The van der Waals surface area contributed by atoms with Crippen molar-refractivity contribution in [3.63, 3.8) is 0 Å². The number of fused-ring (bicyclic) bond motifs is 4. The van der Waals surface area contributed by atoms with Crippen LogP contribution in [0.15, 0.2) is 18.2 Å². The Hall–Kier alpha value is -3.89. The van der Waals surface area contributed by atoms with Gasteiger partial charge in [-0.05, 0) is 63.4 Å². The number of nitrogen functional groups attached to an aromatic ring is 1. The fourth-order valence-corrected chi connectivity index (χ4v) is 8.87. The van der Waals surface area contributed by atoms with E-state index < -0.39 is 28.9 Å². The fraction of sp³-hybridized carbons (Fsp3) is 0.484. The Morgan fingerprint density at radius 3 is 2.55 bits per heavy atom. The first kappa shape index (κ1) is 30.4. The van der Waals surface area contributed by atoms with Crippen LogP contribution in [0.5, 0.6) is 6.01 Å². The second-order valence-electron chi connectivity index (χ2n) is 12.7. The number of carbonyl (C=O) groups is 1.